The average molecular weight is 413 g/mol. The van der Waals surface area contributed by atoms with E-state index in [-0.39, 0.29) is 1.43 Å². The van der Waals surface area contributed by atoms with Gasteiger partial charge < -0.3 is 19.2 Å². The Morgan fingerprint density at radius 3 is 1.23 bits per heavy atom. The molecule has 0 aliphatic carbocycles. The molecule has 3 aliphatic rings. The predicted octanol–water partition coefficient (Wildman–Crippen LogP) is -0.290. The van der Waals surface area contributed by atoms with Crippen LogP contribution in [0, 0.1) is 0 Å². The van der Waals surface area contributed by atoms with Gasteiger partial charge in [0.2, 0.25) is 0 Å². The molecule has 6 nitrogen and oxygen atoms in total. The number of aliphatic hydroxyl groups is 2. The van der Waals surface area contributed by atoms with Crippen molar-refractivity contribution in [2.75, 3.05) is 103 Å². The second kappa shape index (κ2) is 9.23. The van der Waals surface area contributed by atoms with Crippen LogP contribution in [0.5, 0.6) is 0 Å². The lowest BCUT2D eigenvalue weighted by Crippen LogP contribution is -2.73. The highest BCUT2D eigenvalue weighted by atomic mass is 35.5. The summed E-state index contributed by atoms with van der Waals surface area (Å²) < 4.78 is 2.53. The Labute approximate surface area is 169 Å². The van der Waals surface area contributed by atoms with Crippen LogP contribution in [-0.4, -0.2) is 145 Å². The highest BCUT2D eigenvalue weighted by Crippen LogP contribution is 2.24. The fourth-order valence-electron chi connectivity index (χ4n) is 4.89. The van der Waals surface area contributed by atoms with Crippen molar-refractivity contribution >= 4 is 23.2 Å². The highest BCUT2D eigenvalue weighted by Gasteiger charge is 2.45. The number of hydrogen-bond donors (Lipinski definition) is 2. The van der Waals surface area contributed by atoms with Gasteiger partial charge in [-0.1, -0.05) is 0 Å². The first-order valence-electron chi connectivity index (χ1n) is 10.1. The van der Waals surface area contributed by atoms with Gasteiger partial charge in [-0.3, -0.25) is 9.80 Å². The fraction of sp³-hybridized carbons (Fsp3) is 1.00. The van der Waals surface area contributed by atoms with Crippen LogP contribution >= 0.6 is 23.2 Å². The van der Waals surface area contributed by atoms with Crippen molar-refractivity contribution < 1.29 is 20.6 Å². The molecule has 2 spiro atoms. The molecule has 0 radical (unpaired) electrons. The predicted molar refractivity (Wildman–Crippen MR) is 108 cm³/mol. The van der Waals surface area contributed by atoms with Crippen molar-refractivity contribution in [2.24, 2.45) is 0 Å². The number of quaternary nitrogens is 2. The summed E-state index contributed by atoms with van der Waals surface area (Å²) in [6, 6.07) is 0. The van der Waals surface area contributed by atoms with Crippen molar-refractivity contribution in [1.29, 1.82) is 0 Å². The van der Waals surface area contributed by atoms with Gasteiger partial charge in [0, 0.05) is 52.5 Å². The molecule has 2 unspecified atom stereocenters. The molecule has 26 heavy (non-hydrogen) atoms. The molecule has 0 saturated carbocycles. The zero-order valence-corrected chi connectivity index (χ0v) is 17.4. The second-order valence-electron chi connectivity index (χ2n) is 8.69. The van der Waals surface area contributed by atoms with E-state index in [0.717, 1.165) is 26.2 Å². The molecule has 3 heterocycles. The summed E-state index contributed by atoms with van der Waals surface area (Å²) in [5.74, 6) is 0.658. The van der Waals surface area contributed by atoms with E-state index >= 15 is 0 Å². The molecule has 8 heteroatoms. The summed E-state index contributed by atoms with van der Waals surface area (Å²) in [5, 5.41) is 19.5. The Balaban J connectivity index is 0.00000261. The molecule has 154 valence electrons. The molecule has 0 aromatic carbocycles. The molecule has 3 aliphatic heterocycles. The lowest BCUT2D eigenvalue weighted by Gasteiger charge is -2.54. The topological polar surface area (TPSA) is 46.9 Å². The average Bonchev–Trinajstić information content (AvgIpc) is 2.68. The van der Waals surface area contributed by atoms with Crippen molar-refractivity contribution in [3.05, 3.63) is 0 Å². The van der Waals surface area contributed by atoms with Gasteiger partial charge in [-0.2, -0.15) is 0 Å². The molecule has 0 aromatic heterocycles. The molecule has 0 amide bonds. The maximum absolute atomic E-state index is 9.76. The first kappa shape index (κ1) is 21.1. The smallest absolute Gasteiger partial charge is 0.129 e. The van der Waals surface area contributed by atoms with Gasteiger partial charge in [0.1, 0.15) is 26.2 Å². The minimum Gasteiger partial charge on any atom is -0.391 e. The summed E-state index contributed by atoms with van der Waals surface area (Å²) in [4.78, 5) is 4.74. The third kappa shape index (κ3) is 5.23. The van der Waals surface area contributed by atoms with Crippen molar-refractivity contribution in [1.82, 2.24) is 9.80 Å². The van der Waals surface area contributed by atoms with Crippen molar-refractivity contribution in [2.45, 2.75) is 12.2 Å². The third-order valence-corrected chi connectivity index (χ3v) is 7.67. The Bertz CT molecular complexity index is 395. The number of halogens is 2. The monoisotopic (exact) mass is 412 g/mol. The number of hydrogen-bond acceptors (Lipinski definition) is 4. The molecule has 2 atom stereocenters. The van der Waals surface area contributed by atoms with Gasteiger partial charge in [0.15, 0.2) is 0 Å². The summed E-state index contributed by atoms with van der Waals surface area (Å²) in [6.07, 6.45) is -0.793. The normalized spacial score (nSPS) is 29.1. The van der Waals surface area contributed by atoms with E-state index in [4.69, 9.17) is 23.2 Å². The van der Waals surface area contributed by atoms with Gasteiger partial charge in [0.25, 0.3) is 0 Å². The van der Waals surface area contributed by atoms with Crippen LogP contribution in [0.15, 0.2) is 0 Å². The second-order valence-corrected chi connectivity index (χ2v) is 9.31. The number of nitrogens with zero attached hydrogens (tertiary/aromatic N) is 4. The summed E-state index contributed by atoms with van der Waals surface area (Å²) in [7, 11) is 0. The first-order valence-corrected chi connectivity index (χ1v) is 11.2. The molecule has 3 fully saturated rings. The Morgan fingerprint density at radius 1 is 0.654 bits per heavy atom. The Hall–Kier alpha value is 0.340. The minimum atomic E-state index is -0.396. The van der Waals surface area contributed by atoms with E-state index in [1.807, 2.05) is 0 Å². The summed E-state index contributed by atoms with van der Waals surface area (Å²) in [6.45, 7) is 15.8. The molecule has 2 N–H and O–H groups in total. The summed E-state index contributed by atoms with van der Waals surface area (Å²) in [5.41, 5.74) is 0. The maximum atomic E-state index is 9.76. The van der Waals surface area contributed by atoms with Crippen LogP contribution in [0.1, 0.15) is 1.43 Å². The number of β-amino-alcohol motifs (C(OH)–C–C–N with tert-alkyl or cyclic N) is 2. The molecular weight excluding hydrogens is 375 g/mol. The van der Waals surface area contributed by atoms with E-state index < -0.39 is 12.2 Å². The van der Waals surface area contributed by atoms with E-state index in [2.05, 4.69) is 9.80 Å². The summed E-state index contributed by atoms with van der Waals surface area (Å²) >= 11 is 11.5. The van der Waals surface area contributed by atoms with E-state index in [1.165, 1.54) is 61.3 Å². The van der Waals surface area contributed by atoms with Crippen LogP contribution in [0.25, 0.3) is 0 Å². The zero-order chi connectivity index (χ0) is 18.6. The maximum Gasteiger partial charge on any atom is 0.129 e. The van der Waals surface area contributed by atoms with Crippen LogP contribution in [0.4, 0.5) is 0 Å². The van der Waals surface area contributed by atoms with Gasteiger partial charge >= 0.3 is 0 Å². The zero-order valence-electron chi connectivity index (χ0n) is 15.9. The van der Waals surface area contributed by atoms with Gasteiger partial charge in [-0.25, -0.2) is 0 Å². The number of aliphatic hydroxyl groups excluding tert-OH is 2. The lowest BCUT2D eigenvalue weighted by atomic mass is 10.1. The van der Waals surface area contributed by atoms with Crippen molar-refractivity contribution in [3.8, 4) is 0 Å². The molecule has 0 aromatic rings. The number of rotatable bonds is 6. The van der Waals surface area contributed by atoms with Crippen LogP contribution in [0.2, 0.25) is 0 Å². The van der Waals surface area contributed by atoms with Gasteiger partial charge in [-0.05, 0) is 0 Å². The van der Waals surface area contributed by atoms with E-state index in [1.54, 1.807) is 0 Å². The highest BCUT2D eigenvalue weighted by molar-refractivity contribution is 6.18. The Morgan fingerprint density at radius 2 is 0.962 bits per heavy atom. The number of piperazine rings is 3. The van der Waals surface area contributed by atoms with Crippen molar-refractivity contribution in [3.63, 3.8) is 0 Å². The Kier molecular flexibility index (Phi) is 7.47. The molecular formula is C18H38Cl2N4O2+2. The SMILES string of the molecule is OC(CCl)CN1CC[N+]2(CC1)CC[N+]1(CCN(CC(O)CCl)CC1)CC2.[HH]. The van der Waals surface area contributed by atoms with Crippen LogP contribution in [-0.2, 0) is 0 Å². The molecule has 3 saturated heterocycles. The minimum absolute atomic E-state index is 0. The molecule has 3 rings (SSSR count). The number of alkyl halides is 2. The van der Waals surface area contributed by atoms with Crippen LogP contribution in [0.3, 0.4) is 0 Å². The van der Waals surface area contributed by atoms with E-state index in [9.17, 15) is 10.2 Å². The lowest BCUT2D eigenvalue weighted by molar-refractivity contribution is -1.03. The van der Waals surface area contributed by atoms with Crippen LogP contribution < -0.4 is 0 Å². The largest absolute Gasteiger partial charge is 0.391 e. The van der Waals surface area contributed by atoms with Gasteiger partial charge in [-0.15, -0.1) is 23.2 Å². The third-order valence-electron chi connectivity index (χ3n) is 6.95. The first-order chi connectivity index (χ1) is 12.5. The van der Waals surface area contributed by atoms with E-state index in [0.29, 0.717) is 24.8 Å². The quantitative estimate of drug-likeness (QED) is 0.464. The molecule has 0 bridgehead atoms. The van der Waals surface area contributed by atoms with Gasteiger partial charge in [0.05, 0.1) is 38.4 Å². The standard InChI is InChI=1S/C18H36Cl2N4O2.H2/c19-13-17(25)15-21-1-5-23(6-2-21)9-11-24(12-10-23)7-3-22(4-8-24)16-18(26)14-20;/h17-18,25-26H,1-16H2;1H/q+2;. The fourth-order valence-corrected chi connectivity index (χ4v) is 5.08.